The highest BCUT2D eigenvalue weighted by Crippen LogP contribution is 2.24. The van der Waals surface area contributed by atoms with E-state index in [1.165, 1.54) is 0 Å². The van der Waals surface area contributed by atoms with E-state index in [9.17, 15) is 0 Å². The van der Waals surface area contributed by atoms with E-state index in [0.29, 0.717) is 5.82 Å². The van der Waals surface area contributed by atoms with Gasteiger partial charge >= 0.3 is 0 Å². The predicted molar refractivity (Wildman–Crippen MR) is 72.5 cm³/mol. The van der Waals surface area contributed by atoms with Gasteiger partial charge in [0.2, 0.25) is 0 Å². The molecular formula is C12H21N3S. The summed E-state index contributed by atoms with van der Waals surface area (Å²) in [6.45, 7) is 6.61. The summed E-state index contributed by atoms with van der Waals surface area (Å²) in [7, 11) is 0. The molecule has 90 valence electrons. The van der Waals surface area contributed by atoms with Crippen LogP contribution in [0, 0.1) is 0 Å². The fourth-order valence-corrected chi connectivity index (χ4v) is 2.17. The third kappa shape index (κ3) is 5.37. The number of hydrogen-bond acceptors (Lipinski definition) is 4. The molecule has 0 bridgehead atoms. The van der Waals surface area contributed by atoms with E-state index in [0.717, 1.165) is 17.7 Å². The first-order chi connectivity index (χ1) is 7.37. The van der Waals surface area contributed by atoms with Crippen LogP contribution in [0.25, 0.3) is 0 Å². The molecule has 16 heavy (non-hydrogen) atoms. The largest absolute Gasteiger partial charge is 0.384 e. The maximum Gasteiger partial charge on any atom is 0.123 e. The number of aromatic nitrogens is 1. The number of hydrogen-bond donors (Lipinski definition) is 2. The third-order valence-corrected chi connectivity index (χ3v) is 3.53. The summed E-state index contributed by atoms with van der Waals surface area (Å²) in [4.78, 5) is 3.96. The molecule has 0 aromatic carbocycles. The van der Waals surface area contributed by atoms with E-state index in [1.54, 1.807) is 6.20 Å². The highest BCUT2D eigenvalue weighted by molar-refractivity contribution is 8.00. The average Bonchev–Trinajstić information content (AvgIpc) is 2.14. The van der Waals surface area contributed by atoms with Crippen molar-refractivity contribution in [2.24, 2.45) is 5.73 Å². The Hall–Kier alpha value is -0.740. The van der Waals surface area contributed by atoms with Crippen LogP contribution in [0.2, 0.25) is 0 Å². The lowest BCUT2D eigenvalue weighted by atomic mass is 10.1. The van der Waals surface area contributed by atoms with Crippen LogP contribution in [0.4, 0.5) is 5.82 Å². The van der Waals surface area contributed by atoms with Crippen LogP contribution in [0.15, 0.2) is 18.3 Å². The molecule has 4 heteroatoms. The van der Waals surface area contributed by atoms with E-state index in [1.807, 2.05) is 23.9 Å². The van der Waals surface area contributed by atoms with Crippen molar-refractivity contribution in [3.63, 3.8) is 0 Å². The third-order valence-electron chi connectivity index (χ3n) is 2.07. The molecule has 0 aliphatic rings. The molecule has 0 saturated carbocycles. The molecule has 4 N–H and O–H groups in total. The van der Waals surface area contributed by atoms with Crippen molar-refractivity contribution in [1.82, 2.24) is 4.98 Å². The molecule has 0 spiro atoms. The minimum absolute atomic E-state index is 0.172. The molecule has 1 heterocycles. The van der Waals surface area contributed by atoms with Crippen LogP contribution < -0.4 is 11.5 Å². The van der Waals surface area contributed by atoms with E-state index in [4.69, 9.17) is 11.5 Å². The fourth-order valence-electron chi connectivity index (χ4n) is 1.34. The molecule has 0 saturated heterocycles. The Morgan fingerprint density at radius 2 is 2.12 bits per heavy atom. The Balaban J connectivity index is 2.43. The summed E-state index contributed by atoms with van der Waals surface area (Å²) in [5.41, 5.74) is 12.9. The maximum atomic E-state index is 6.08. The number of anilines is 1. The van der Waals surface area contributed by atoms with Crippen LogP contribution in [0.3, 0.4) is 0 Å². The number of pyridine rings is 1. The van der Waals surface area contributed by atoms with Gasteiger partial charge in [0.15, 0.2) is 0 Å². The quantitative estimate of drug-likeness (QED) is 0.844. The molecule has 3 nitrogen and oxygen atoms in total. The second-order valence-electron chi connectivity index (χ2n) is 4.98. The van der Waals surface area contributed by atoms with Gasteiger partial charge in [-0.25, -0.2) is 4.98 Å². The van der Waals surface area contributed by atoms with Crippen molar-refractivity contribution in [2.75, 3.05) is 11.5 Å². The number of nitrogens with two attached hydrogens (primary N) is 2. The summed E-state index contributed by atoms with van der Waals surface area (Å²) in [6, 6.07) is 4.03. The minimum atomic E-state index is 0.172. The molecule has 0 aliphatic heterocycles. The smallest absolute Gasteiger partial charge is 0.123 e. The lowest BCUT2D eigenvalue weighted by Crippen LogP contribution is -2.28. The van der Waals surface area contributed by atoms with E-state index in [-0.39, 0.29) is 10.8 Å². The molecule has 1 aromatic rings. The van der Waals surface area contributed by atoms with Crippen molar-refractivity contribution < 1.29 is 0 Å². The summed E-state index contributed by atoms with van der Waals surface area (Å²) >= 11 is 1.89. The molecule has 1 aromatic heterocycles. The fraction of sp³-hybridized carbons (Fsp3) is 0.583. The van der Waals surface area contributed by atoms with Gasteiger partial charge in [-0.1, -0.05) is 20.8 Å². The van der Waals surface area contributed by atoms with Gasteiger partial charge in [-0.15, -0.1) is 0 Å². The van der Waals surface area contributed by atoms with Gasteiger partial charge in [-0.3, -0.25) is 0 Å². The van der Waals surface area contributed by atoms with Crippen LogP contribution in [-0.4, -0.2) is 21.5 Å². The van der Waals surface area contributed by atoms with Crippen molar-refractivity contribution in [2.45, 2.75) is 38.0 Å². The van der Waals surface area contributed by atoms with E-state index in [2.05, 4.69) is 25.8 Å². The van der Waals surface area contributed by atoms with Gasteiger partial charge in [0.1, 0.15) is 5.82 Å². The number of thioether (sulfide) groups is 1. The zero-order valence-electron chi connectivity index (χ0n) is 10.2. The summed E-state index contributed by atoms with van der Waals surface area (Å²) in [6.07, 6.45) is 2.59. The lowest BCUT2D eigenvalue weighted by molar-refractivity contribution is 0.733. The van der Waals surface area contributed by atoms with Crippen molar-refractivity contribution in [3.8, 4) is 0 Å². The van der Waals surface area contributed by atoms with Crippen LogP contribution in [0.1, 0.15) is 26.3 Å². The normalized spacial score (nSPS) is 13.8. The zero-order chi connectivity index (χ0) is 12.2. The molecular weight excluding hydrogens is 218 g/mol. The Kier molecular flexibility index (Phi) is 4.62. The number of nitrogens with zero attached hydrogens (tertiary/aromatic N) is 1. The maximum absolute atomic E-state index is 6.08. The van der Waals surface area contributed by atoms with Crippen LogP contribution >= 0.6 is 11.8 Å². The van der Waals surface area contributed by atoms with Gasteiger partial charge in [0.05, 0.1) is 0 Å². The van der Waals surface area contributed by atoms with Gasteiger partial charge in [0.25, 0.3) is 0 Å². The van der Waals surface area contributed by atoms with Gasteiger partial charge in [-0.2, -0.15) is 11.8 Å². The van der Waals surface area contributed by atoms with Crippen LogP contribution in [0.5, 0.6) is 0 Å². The van der Waals surface area contributed by atoms with Gasteiger partial charge in [-0.05, 0) is 24.1 Å². The first-order valence-electron chi connectivity index (χ1n) is 5.47. The topological polar surface area (TPSA) is 64.9 Å². The van der Waals surface area contributed by atoms with Gasteiger partial charge in [0, 0.05) is 22.7 Å². The second-order valence-corrected chi connectivity index (χ2v) is 6.82. The van der Waals surface area contributed by atoms with Crippen molar-refractivity contribution in [3.05, 3.63) is 23.9 Å². The Bertz CT molecular complexity index is 333. The summed E-state index contributed by atoms with van der Waals surface area (Å²) < 4.78 is 0.273. The second kappa shape index (κ2) is 5.55. The van der Waals surface area contributed by atoms with Crippen LogP contribution in [-0.2, 0) is 6.42 Å². The Morgan fingerprint density at radius 1 is 1.44 bits per heavy atom. The number of rotatable bonds is 4. The molecule has 1 rings (SSSR count). The summed E-state index contributed by atoms with van der Waals surface area (Å²) in [5.74, 6) is 1.53. The zero-order valence-corrected chi connectivity index (χ0v) is 11.1. The molecule has 0 radical (unpaired) electrons. The Morgan fingerprint density at radius 3 is 2.69 bits per heavy atom. The van der Waals surface area contributed by atoms with E-state index < -0.39 is 0 Å². The molecule has 0 fully saturated rings. The molecule has 1 atom stereocenters. The lowest BCUT2D eigenvalue weighted by Gasteiger charge is -2.20. The predicted octanol–water partition coefficient (Wildman–Crippen LogP) is 2.07. The number of nitrogen functional groups attached to an aromatic ring is 1. The van der Waals surface area contributed by atoms with Crippen molar-refractivity contribution >= 4 is 17.6 Å². The average molecular weight is 239 g/mol. The molecule has 1 unspecified atom stereocenters. The first kappa shape index (κ1) is 13.3. The SMILES string of the molecule is CC(C)(C)SCC(N)Cc1ccnc(N)c1. The Labute approximate surface area is 102 Å². The van der Waals surface area contributed by atoms with E-state index >= 15 is 0 Å². The highest BCUT2D eigenvalue weighted by Gasteiger charge is 2.13. The minimum Gasteiger partial charge on any atom is -0.384 e. The molecule has 0 aliphatic carbocycles. The highest BCUT2D eigenvalue weighted by atomic mass is 32.2. The monoisotopic (exact) mass is 239 g/mol. The van der Waals surface area contributed by atoms with Crippen molar-refractivity contribution in [1.29, 1.82) is 0 Å². The summed E-state index contributed by atoms with van der Waals surface area (Å²) in [5, 5.41) is 0. The standard InChI is InChI=1S/C12H21N3S/c1-12(2,3)16-8-10(13)6-9-4-5-15-11(14)7-9/h4-5,7,10H,6,8,13H2,1-3H3,(H2,14,15). The van der Waals surface area contributed by atoms with Gasteiger partial charge < -0.3 is 11.5 Å². The molecule has 0 amide bonds. The first-order valence-corrected chi connectivity index (χ1v) is 6.45.